The van der Waals surface area contributed by atoms with Crippen LogP contribution in [0.4, 0.5) is 34.1 Å². The molecule has 0 radical (unpaired) electrons. The zero-order valence-corrected chi connectivity index (χ0v) is 29.9. The van der Waals surface area contributed by atoms with Gasteiger partial charge in [0.15, 0.2) is 0 Å². The van der Waals surface area contributed by atoms with Crippen molar-refractivity contribution in [2.75, 3.05) is 9.80 Å². The summed E-state index contributed by atoms with van der Waals surface area (Å²) in [7, 11) is 0. The summed E-state index contributed by atoms with van der Waals surface area (Å²) in [6.07, 6.45) is 5.59. The molecule has 0 bridgehead atoms. The van der Waals surface area contributed by atoms with Crippen molar-refractivity contribution in [1.29, 1.82) is 0 Å². The van der Waals surface area contributed by atoms with E-state index in [1.54, 1.807) is 0 Å². The third-order valence-electron chi connectivity index (χ3n) is 11.2. The topological polar surface area (TPSA) is 6.48 Å². The monoisotopic (exact) mass is 690 g/mol. The summed E-state index contributed by atoms with van der Waals surface area (Å²) in [5.74, 6) is 0. The SMILES string of the molecule is C1=Cc2ccccc2C2(C1)c1ccccc1-c1ccc(N(c3ccccc3)c3ccc(-c4ccc(N(c5ccccc5)c5ccccc5)cc4)cc3)cc12. The Labute approximate surface area is 317 Å². The fourth-order valence-electron chi connectivity index (χ4n) is 8.74. The van der Waals surface area contributed by atoms with Crippen molar-refractivity contribution in [3.63, 3.8) is 0 Å². The lowest BCUT2D eigenvalue weighted by Crippen LogP contribution is -2.29. The lowest BCUT2D eigenvalue weighted by atomic mass is 9.66. The summed E-state index contributed by atoms with van der Waals surface area (Å²) in [6.45, 7) is 0. The quantitative estimate of drug-likeness (QED) is 0.164. The minimum atomic E-state index is -0.234. The third kappa shape index (κ3) is 5.26. The van der Waals surface area contributed by atoms with Gasteiger partial charge in [-0.1, -0.05) is 146 Å². The third-order valence-corrected chi connectivity index (χ3v) is 11.2. The molecule has 1 atom stereocenters. The number of nitrogens with zero attached hydrogens (tertiary/aromatic N) is 2. The van der Waals surface area contributed by atoms with E-state index in [0.29, 0.717) is 0 Å². The predicted molar refractivity (Wildman–Crippen MR) is 227 cm³/mol. The minimum absolute atomic E-state index is 0.234. The molecule has 0 N–H and O–H groups in total. The molecule has 0 saturated carbocycles. The van der Waals surface area contributed by atoms with Crippen LogP contribution in [0.5, 0.6) is 0 Å². The molecule has 0 fully saturated rings. The molecule has 256 valence electrons. The minimum Gasteiger partial charge on any atom is -0.311 e. The highest BCUT2D eigenvalue weighted by molar-refractivity contribution is 5.89. The molecular weight excluding hydrogens is 653 g/mol. The summed E-state index contributed by atoms with van der Waals surface area (Å²) in [5.41, 5.74) is 17.0. The average Bonchev–Trinajstić information content (AvgIpc) is 3.52. The van der Waals surface area contributed by atoms with E-state index in [1.165, 1.54) is 44.5 Å². The lowest BCUT2D eigenvalue weighted by molar-refractivity contribution is 0.638. The largest absolute Gasteiger partial charge is 0.311 e. The van der Waals surface area contributed by atoms with Crippen molar-refractivity contribution in [3.8, 4) is 22.3 Å². The Hall–Kier alpha value is -6.90. The van der Waals surface area contributed by atoms with Gasteiger partial charge in [0.25, 0.3) is 0 Å². The Morgan fingerprint density at radius 3 is 1.33 bits per heavy atom. The first-order chi connectivity index (χ1) is 26.8. The van der Waals surface area contributed by atoms with E-state index in [1.807, 2.05) is 0 Å². The van der Waals surface area contributed by atoms with Crippen LogP contribution >= 0.6 is 0 Å². The first kappa shape index (κ1) is 31.8. The van der Waals surface area contributed by atoms with E-state index in [2.05, 4.69) is 228 Å². The second kappa shape index (κ2) is 13.3. The zero-order chi connectivity index (χ0) is 35.9. The van der Waals surface area contributed by atoms with Crippen LogP contribution < -0.4 is 9.80 Å². The van der Waals surface area contributed by atoms with Crippen LogP contribution in [-0.2, 0) is 5.41 Å². The molecule has 2 aliphatic carbocycles. The molecule has 1 unspecified atom stereocenters. The van der Waals surface area contributed by atoms with Crippen LogP contribution in [0, 0.1) is 0 Å². The molecule has 0 aliphatic heterocycles. The van der Waals surface area contributed by atoms with Gasteiger partial charge in [-0.25, -0.2) is 0 Å². The second-order valence-corrected chi connectivity index (χ2v) is 14.1. The predicted octanol–water partition coefficient (Wildman–Crippen LogP) is 14.0. The van der Waals surface area contributed by atoms with E-state index in [9.17, 15) is 0 Å². The summed E-state index contributed by atoms with van der Waals surface area (Å²) >= 11 is 0. The van der Waals surface area contributed by atoms with Gasteiger partial charge in [0.2, 0.25) is 0 Å². The molecule has 8 aromatic rings. The molecule has 2 heteroatoms. The summed E-state index contributed by atoms with van der Waals surface area (Å²) in [6, 6.07) is 74.8. The zero-order valence-electron chi connectivity index (χ0n) is 29.9. The smallest absolute Gasteiger partial charge is 0.0504 e. The van der Waals surface area contributed by atoms with Gasteiger partial charge in [-0.2, -0.15) is 0 Å². The summed E-state index contributed by atoms with van der Waals surface area (Å²) in [5, 5.41) is 0. The molecule has 0 aromatic heterocycles. The Bertz CT molecular complexity index is 2570. The maximum absolute atomic E-state index is 2.45. The number of para-hydroxylation sites is 3. The first-order valence-electron chi connectivity index (χ1n) is 18.7. The lowest BCUT2D eigenvalue weighted by Gasteiger charge is -2.36. The van der Waals surface area contributed by atoms with Crippen molar-refractivity contribution in [1.82, 2.24) is 0 Å². The molecule has 1 spiro atoms. The average molecular weight is 691 g/mol. The summed E-state index contributed by atoms with van der Waals surface area (Å²) in [4.78, 5) is 4.69. The van der Waals surface area contributed by atoms with Gasteiger partial charge in [-0.05, 0) is 124 Å². The highest BCUT2D eigenvalue weighted by Crippen LogP contribution is 2.57. The van der Waals surface area contributed by atoms with Gasteiger partial charge in [0, 0.05) is 34.1 Å². The standard InChI is InChI=1S/C52H38N2/c1-4-17-41(18-5-1)53(42-19-6-2-7-20-42)44-30-26-38(27-31-44)39-28-32-45(33-29-39)54(43-21-8-3-9-22-43)46-34-35-48-47-23-11-13-25-50(47)52(51(48)37-46)36-14-16-40-15-10-12-24-49(40)52/h1-35,37H,36H2. The fraction of sp³-hybridized carbons (Fsp3) is 0.0385. The highest BCUT2D eigenvalue weighted by atomic mass is 15.1. The van der Waals surface area contributed by atoms with Crippen LogP contribution in [0.2, 0.25) is 0 Å². The summed E-state index contributed by atoms with van der Waals surface area (Å²) < 4.78 is 0. The van der Waals surface area contributed by atoms with Crippen molar-refractivity contribution in [2.45, 2.75) is 11.8 Å². The highest BCUT2D eigenvalue weighted by Gasteiger charge is 2.46. The second-order valence-electron chi connectivity index (χ2n) is 14.1. The molecular formula is C52H38N2. The van der Waals surface area contributed by atoms with Crippen LogP contribution in [0.1, 0.15) is 28.7 Å². The molecule has 2 aliphatic rings. The number of hydrogen-bond acceptors (Lipinski definition) is 2. The number of hydrogen-bond donors (Lipinski definition) is 0. The van der Waals surface area contributed by atoms with Crippen molar-refractivity contribution in [2.24, 2.45) is 0 Å². The molecule has 0 saturated heterocycles. The first-order valence-corrected chi connectivity index (χ1v) is 18.7. The molecule has 8 aromatic carbocycles. The van der Waals surface area contributed by atoms with E-state index in [-0.39, 0.29) is 5.41 Å². The number of benzene rings is 8. The number of fused-ring (bicyclic) bond motifs is 7. The Kier molecular flexibility index (Phi) is 7.81. The maximum Gasteiger partial charge on any atom is 0.0504 e. The van der Waals surface area contributed by atoms with E-state index in [4.69, 9.17) is 0 Å². The van der Waals surface area contributed by atoms with E-state index < -0.39 is 0 Å². The van der Waals surface area contributed by atoms with Crippen LogP contribution in [0.15, 0.2) is 212 Å². The molecule has 2 nitrogen and oxygen atoms in total. The van der Waals surface area contributed by atoms with E-state index in [0.717, 1.165) is 40.5 Å². The Morgan fingerprint density at radius 1 is 0.333 bits per heavy atom. The Morgan fingerprint density at radius 2 is 0.759 bits per heavy atom. The number of anilines is 6. The van der Waals surface area contributed by atoms with Gasteiger partial charge in [0.05, 0.1) is 5.41 Å². The molecule has 0 amide bonds. The Balaban J connectivity index is 1.03. The molecule has 54 heavy (non-hydrogen) atoms. The van der Waals surface area contributed by atoms with Gasteiger partial charge in [0.1, 0.15) is 0 Å². The van der Waals surface area contributed by atoms with Crippen LogP contribution in [0.25, 0.3) is 28.3 Å². The molecule has 0 heterocycles. The van der Waals surface area contributed by atoms with E-state index >= 15 is 0 Å². The van der Waals surface area contributed by atoms with Crippen molar-refractivity contribution < 1.29 is 0 Å². The normalized spacial score (nSPS) is 15.0. The van der Waals surface area contributed by atoms with Gasteiger partial charge >= 0.3 is 0 Å². The molecule has 10 rings (SSSR count). The van der Waals surface area contributed by atoms with Gasteiger partial charge < -0.3 is 9.80 Å². The van der Waals surface area contributed by atoms with Gasteiger partial charge in [-0.3, -0.25) is 0 Å². The van der Waals surface area contributed by atoms with Crippen molar-refractivity contribution in [3.05, 3.63) is 235 Å². The van der Waals surface area contributed by atoms with Crippen molar-refractivity contribution >= 4 is 40.2 Å². The van der Waals surface area contributed by atoms with Crippen LogP contribution in [0.3, 0.4) is 0 Å². The van der Waals surface area contributed by atoms with Crippen LogP contribution in [-0.4, -0.2) is 0 Å². The number of rotatable bonds is 7. The van der Waals surface area contributed by atoms with Gasteiger partial charge in [-0.15, -0.1) is 0 Å². The number of allylic oxidation sites excluding steroid dienone is 1. The maximum atomic E-state index is 2.45. The fourth-order valence-corrected chi connectivity index (χ4v) is 8.74.